The minimum atomic E-state index is -1.17. The van der Waals surface area contributed by atoms with Gasteiger partial charge in [0, 0.05) is 38.7 Å². The van der Waals surface area contributed by atoms with E-state index in [9.17, 15) is 15.0 Å². The van der Waals surface area contributed by atoms with Crippen LogP contribution < -0.4 is 9.80 Å². The molecule has 7 nitrogen and oxygen atoms in total. The first-order chi connectivity index (χ1) is 11.9. The predicted octanol–water partition coefficient (Wildman–Crippen LogP) is 1.49. The third-order valence-corrected chi connectivity index (χ3v) is 5.49. The van der Waals surface area contributed by atoms with Crippen LogP contribution in [0.2, 0.25) is 0 Å². The minimum Gasteiger partial charge on any atom is -0.481 e. The fourth-order valence-corrected chi connectivity index (χ4v) is 3.93. The quantitative estimate of drug-likeness (QED) is 0.833. The minimum absolute atomic E-state index is 0.237. The van der Waals surface area contributed by atoms with Crippen molar-refractivity contribution in [1.29, 1.82) is 0 Å². The van der Waals surface area contributed by atoms with Gasteiger partial charge in [0.1, 0.15) is 5.41 Å². The maximum atomic E-state index is 12.0. The Kier molecular flexibility index (Phi) is 4.91. The summed E-state index contributed by atoms with van der Waals surface area (Å²) in [6.07, 6.45) is -0.308. The Hall–Kier alpha value is -2.19. The van der Waals surface area contributed by atoms with E-state index in [4.69, 9.17) is 0 Å². The predicted molar refractivity (Wildman–Crippen MR) is 97.3 cm³/mol. The number of nitrogens with zero attached hydrogens (tertiary/aromatic N) is 4. The number of β-amino-alcohol motifs (C(OH)–C–C–N with tert-alkyl or cyclic N) is 1. The van der Waals surface area contributed by atoms with Crippen LogP contribution in [0, 0.1) is 5.41 Å². The van der Waals surface area contributed by atoms with Crippen LogP contribution in [0.3, 0.4) is 0 Å². The lowest BCUT2D eigenvalue weighted by molar-refractivity contribution is -0.158. The molecule has 0 spiro atoms. The van der Waals surface area contributed by atoms with E-state index >= 15 is 0 Å². The van der Waals surface area contributed by atoms with E-state index < -0.39 is 17.5 Å². The zero-order valence-corrected chi connectivity index (χ0v) is 15.1. The SMILES string of the molecule is CN(C)c1nsc(N2CC[C@](Cc3ccccc3)(C(=O)O)[C@H](O)C2)n1. The Bertz CT molecular complexity index is 737. The molecule has 1 fully saturated rings. The molecule has 1 aromatic carbocycles. The molecule has 134 valence electrons. The molecule has 2 aromatic rings. The molecular weight excluding hydrogens is 340 g/mol. The smallest absolute Gasteiger partial charge is 0.312 e. The van der Waals surface area contributed by atoms with Crippen molar-refractivity contribution in [2.24, 2.45) is 5.41 Å². The second-order valence-corrected chi connectivity index (χ2v) is 7.34. The summed E-state index contributed by atoms with van der Waals surface area (Å²) in [6.45, 7) is 0.763. The molecular formula is C17H22N4O3S. The average Bonchev–Trinajstić information content (AvgIpc) is 3.08. The monoisotopic (exact) mass is 362 g/mol. The summed E-state index contributed by atoms with van der Waals surface area (Å²) in [5, 5.41) is 21.3. The summed E-state index contributed by atoms with van der Waals surface area (Å²) in [4.78, 5) is 20.2. The van der Waals surface area contributed by atoms with E-state index in [1.165, 1.54) is 11.5 Å². The van der Waals surface area contributed by atoms with Gasteiger partial charge in [-0.2, -0.15) is 9.36 Å². The molecule has 0 saturated carbocycles. The van der Waals surface area contributed by atoms with Crippen LogP contribution in [0.15, 0.2) is 30.3 Å². The highest BCUT2D eigenvalue weighted by atomic mass is 32.1. The van der Waals surface area contributed by atoms with Crippen molar-refractivity contribution in [2.75, 3.05) is 37.0 Å². The van der Waals surface area contributed by atoms with Gasteiger partial charge in [0.2, 0.25) is 11.1 Å². The second-order valence-electron chi connectivity index (χ2n) is 6.61. The Morgan fingerprint density at radius 1 is 1.40 bits per heavy atom. The van der Waals surface area contributed by atoms with Gasteiger partial charge in [0.05, 0.1) is 6.10 Å². The standard InChI is InChI=1S/C17H22N4O3S/c1-20(2)15-18-16(25-19-15)21-9-8-17(14(23)24,13(22)11-21)10-12-6-4-3-5-7-12/h3-7,13,22H,8-11H2,1-2H3,(H,23,24)/t13-,17-/m1/s1. The number of rotatable bonds is 5. The Balaban J connectivity index is 1.79. The van der Waals surface area contributed by atoms with Gasteiger partial charge in [-0.1, -0.05) is 30.3 Å². The topological polar surface area (TPSA) is 89.8 Å². The molecule has 0 radical (unpaired) electrons. The molecule has 0 bridgehead atoms. The fraction of sp³-hybridized carbons (Fsp3) is 0.471. The molecule has 1 aliphatic heterocycles. The third kappa shape index (κ3) is 3.45. The van der Waals surface area contributed by atoms with Crippen LogP contribution in [0.25, 0.3) is 0 Å². The molecule has 8 heteroatoms. The number of hydrogen-bond donors (Lipinski definition) is 2. The number of carboxylic acid groups (broad SMARTS) is 1. The van der Waals surface area contributed by atoms with E-state index in [1.807, 2.05) is 54.2 Å². The van der Waals surface area contributed by atoms with Crippen molar-refractivity contribution in [1.82, 2.24) is 9.36 Å². The molecule has 1 aliphatic rings. The fourth-order valence-electron chi connectivity index (χ4n) is 3.16. The molecule has 1 saturated heterocycles. The van der Waals surface area contributed by atoms with E-state index in [-0.39, 0.29) is 6.54 Å². The van der Waals surface area contributed by atoms with Crippen molar-refractivity contribution >= 4 is 28.6 Å². The van der Waals surface area contributed by atoms with E-state index in [1.54, 1.807) is 0 Å². The first-order valence-corrected chi connectivity index (χ1v) is 8.91. The number of anilines is 2. The van der Waals surface area contributed by atoms with Crippen LogP contribution in [0.4, 0.5) is 11.1 Å². The number of benzene rings is 1. The zero-order chi connectivity index (χ0) is 18.0. The summed E-state index contributed by atoms with van der Waals surface area (Å²) in [6, 6.07) is 9.47. The Morgan fingerprint density at radius 3 is 2.68 bits per heavy atom. The molecule has 0 unspecified atom stereocenters. The maximum absolute atomic E-state index is 12.0. The number of carbonyl (C=O) groups is 1. The highest BCUT2D eigenvalue weighted by Gasteiger charge is 2.49. The number of aliphatic hydroxyl groups excluding tert-OH is 1. The van der Waals surface area contributed by atoms with Crippen molar-refractivity contribution < 1.29 is 15.0 Å². The van der Waals surface area contributed by atoms with Gasteiger partial charge in [-0.3, -0.25) is 4.79 Å². The summed E-state index contributed by atoms with van der Waals surface area (Å²) >= 11 is 1.26. The molecule has 0 aliphatic carbocycles. The zero-order valence-electron chi connectivity index (χ0n) is 14.3. The average molecular weight is 362 g/mol. The largest absolute Gasteiger partial charge is 0.481 e. The summed E-state index contributed by atoms with van der Waals surface area (Å²) in [5.74, 6) is -0.330. The van der Waals surface area contributed by atoms with Gasteiger partial charge in [-0.25, -0.2) is 0 Å². The number of hydrogen-bond acceptors (Lipinski definition) is 7. The summed E-state index contributed by atoms with van der Waals surface area (Å²) in [7, 11) is 3.73. The van der Waals surface area contributed by atoms with Gasteiger partial charge in [0.15, 0.2) is 0 Å². The van der Waals surface area contributed by atoms with E-state index in [0.717, 1.165) is 5.56 Å². The van der Waals surface area contributed by atoms with Gasteiger partial charge >= 0.3 is 5.97 Å². The van der Waals surface area contributed by atoms with Gasteiger partial charge < -0.3 is 20.0 Å². The lowest BCUT2D eigenvalue weighted by Crippen LogP contribution is -2.56. The number of aromatic nitrogens is 2. The van der Waals surface area contributed by atoms with Crippen molar-refractivity contribution in [3.8, 4) is 0 Å². The van der Waals surface area contributed by atoms with Gasteiger partial charge in [0.25, 0.3) is 0 Å². The molecule has 2 N–H and O–H groups in total. The first-order valence-electron chi connectivity index (χ1n) is 8.14. The number of piperidine rings is 1. The third-order valence-electron chi connectivity index (χ3n) is 4.72. The molecule has 1 aromatic heterocycles. The summed E-state index contributed by atoms with van der Waals surface area (Å²) < 4.78 is 4.27. The van der Waals surface area contributed by atoms with Crippen molar-refractivity contribution in [3.05, 3.63) is 35.9 Å². The van der Waals surface area contributed by atoms with Crippen LogP contribution in [-0.4, -0.2) is 58.8 Å². The van der Waals surface area contributed by atoms with Crippen LogP contribution in [0.5, 0.6) is 0 Å². The molecule has 25 heavy (non-hydrogen) atoms. The molecule has 2 heterocycles. The molecule has 3 rings (SSSR count). The highest BCUT2D eigenvalue weighted by Crippen LogP contribution is 2.38. The molecule has 0 amide bonds. The Labute approximate surface area is 150 Å². The number of carboxylic acids is 1. The maximum Gasteiger partial charge on any atom is 0.312 e. The highest BCUT2D eigenvalue weighted by molar-refractivity contribution is 7.09. The lowest BCUT2D eigenvalue weighted by atomic mass is 9.72. The molecule has 2 atom stereocenters. The number of aliphatic hydroxyl groups is 1. The van der Waals surface area contributed by atoms with Crippen molar-refractivity contribution in [2.45, 2.75) is 18.9 Å². The summed E-state index contributed by atoms with van der Waals surface area (Å²) in [5.41, 5.74) is -0.254. The van der Waals surface area contributed by atoms with E-state index in [2.05, 4.69) is 9.36 Å². The normalized spacial score (nSPS) is 23.5. The lowest BCUT2D eigenvalue weighted by Gasteiger charge is -2.42. The van der Waals surface area contributed by atoms with Gasteiger partial charge in [-0.05, 0) is 18.4 Å². The first kappa shape index (κ1) is 17.6. The Morgan fingerprint density at radius 2 is 2.12 bits per heavy atom. The second kappa shape index (κ2) is 6.97. The van der Waals surface area contributed by atoms with E-state index in [0.29, 0.717) is 30.5 Å². The van der Waals surface area contributed by atoms with Crippen LogP contribution >= 0.6 is 11.5 Å². The van der Waals surface area contributed by atoms with Gasteiger partial charge in [-0.15, -0.1) is 0 Å². The van der Waals surface area contributed by atoms with Crippen LogP contribution in [0.1, 0.15) is 12.0 Å². The van der Waals surface area contributed by atoms with Crippen molar-refractivity contribution in [3.63, 3.8) is 0 Å². The van der Waals surface area contributed by atoms with Crippen LogP contribution in [-0.2, 0) is 11.2 Å². The number of aliphatic carboxylic acids is 1.